The standard InChI is InChI=1S/C12H18ClN3S/c1-3-10-15-11(13)8(2)12(16-10)14-7-9-5-4-6-17-9/h9H,3-7H2,1-2H3,(H,14,15,16). The van der Waals surface area contributed by atoms with Crippen LogP contribution in [0.4, 0.5) is 5.82 Å². The van der Waals surface area contributed by atoms with Crippen LogP contribution in [0.2, 0.25) is 5.15 Å². The normalized spacial score (nSPS) is 19.6. The number of hydrogen-bond acceptors (Lipinski definition) is 4. The molecule has 0 aliphatic carbocycles. The Balaban J connectivity index is 2.05. The van der Waals surface area contributed by atoms with Crippen LogP contribution in [0.15, 0.2) is 0 Å². The predicted octanol–water partition coefficient (Wildman–Crippen LogP) is 3.31. The Kier molecular flexibility index (Phi) is 4.51. The third-order valence-electron chi connectivity index (χ3n) is 2.97. The van der Waals surface area contributed by atoms with Crippen molar-refractivity contribution in [2.24, 2.45) is 0 Å². The topological polar surface area (TPSA) is 37.8 Å². The highest BCUT2D eigenvalue weighted by molar-refractivity contribution is 8.00. The maximum absolute atomic E-state index is 6.10. The lowest BCUT2D eigenvalue weighted by Crippen LogP contribution is -2.16. The van der Waals surface area contributed by atoms with Gasteiger partial charge >= 0.3 is 0 Å². The Labute approximate surface area is 112 Å². The number of nitrogens with zero attached hydrogens (tertiary/aromatic N) is 2. The van der Waals surface area contributed by atoms with Crippen molar-refractivity contribution in [3.8, 4) is 0 Å². The van der Waals surface area contributed by atoms with E-state index >= 15 is 0 Å². The van der Waals surface area contributed by atoms with Gasteiger partial charge in [-0.25, -0.2) is 9.97 Å². The fourth-order valence-electron chi connectivity index (χ4n) is 1.88. The third-order valence-corrected chi connectivity index (χ3v) is 4.74. The number of hydrogen-bond donors (Lipinski definition) is 1. The minimum absolute atomic E-state index is 0.568. The molecule has 17 heavy (non-hydrogen) atoms. The van der Waals surface area contributed by atoms with Crippen molar-refractivity contribution in [3.05, 3.63) is 16.5 Å². The molecule has 1 aromatic heterocycles. The predicted molar refractivity (Wildman–Crippen MR) is 75.1 cm³/mol. The van der Waals surface area contributed by atoms with Gasteiger partial charge in [-0.2, -0.15) is 11.8 Å². The van der Waals surface area contributed by atoms with Gasteiger partial charge in [-0.3, -0.25) is 0 Å². The Morgan fingerprint density at radius 3 is 2.94 bits per heavy atom. The Morgan fingerprint density at radius 2 is 2.29 bits per heavy atom. The lowest BCUT2D eigenvalue weighted by molar-refractivity contribution is 0.800. The second-order valence-electron chi connectivity index (χ2n) is 4.27. The van der Waals surface area contributed by atoms with Crippen LogP contribution >= 0.6 is 23.4 Å². The molecular formula is C12H18ClN3S. The first kappa shape index (κ1) is 13.0. The van der Waals surface area contributed by atoms with Crippen LogP contribution < -0.4 is 5.32 Å². The SMILES string of the molecule is CCc1nc(Cl)c(C)c(NCC2CCCS2)n1. The third kappa shape index (κ3) is 3.26. The number of halogens is 1. The molecule has 0 bridgehead atoms. The van der Waals surface area contributed by atoms with Gasteiger partial charge in [0.1, 0.15) is 16.8 Å². The van der Waals surface area contributed by atoms with E-state index in [0.717, 1.165) is 30.2 Å². The van der Waals surface area contributed by atoms with Crippen molar-refractivity contribution in [3.63, 3.8) is 0 Å². The summed E-state index contributed by atoms with van der Waals surface area (Å²) >= 11 is 8.14. The molecule has 0 spiro atoms. The fourth-order valence-corrected chi connectivity index (χ4v) is 3.27. The molecule has 2 heterocycles. The van der Waals surface area contributed by atoms with Crippen molar-refractivity contribution in [1.82, 2.24) is 9.97 Å². The molecule has 1 saturated heterocycles. The molecule has 0 saturated carbocycles. The maximum Gasteiger partial charge on any atom is 0.137 e. The highest BCUT2D eigenvalue weighted by Crippen LogP contribution is 2.27. The summed E-state index contributed by atoms with van der Waals surface area (Å²) in [4.78, 5) is 8.74. The number of nitrogens with one attached hydrogen (secondary N) is 1. The molecule has 1 unspecified atom stereocenters. The largest absolute Gasteiger partial charge is 0.369 e. The number of anilines is 1. The van der Waals surface area contributed by atoms with E-state index in [2.05, 4.69) is 15.3 Å². The zero-order chi connectivity index (χ0) is 12.3. The van der Waals surface area contributed by atoms with E-state index in [4.69, 9.17) is 11.6 Å². The van der Waals surface area contributed by atoms with Crippen molar-refractivity contribution in [2.75, 3.05) is 17.6 Å². The first-order chi connectivity index (χ1) is 8.20. The molecule has 1 aliphatic rings. The van der Waals surface area contributed by atoms with Crippen molar-refractivity contribution in [1.29, 1.82) is 0 Å². The summed E-state index contributed by atoms with van der Waals surface area (Å²) in [5, 5.41) is 4.70. The van der Waals surface area contributed by atoms with Gasteiger partial charge in [-0.15, -0.1) is 0 Å². The van der Waals surface area contributed by atoms with Gasteiger partial charge in [0.25, 0.3) is 0 Å². The van der Waals surface area contributed by atoms with Crippen LogP contribution in [0.1, 0.15) is 31.2 Å². The summed E-state index contributed by atoms with van der Waals surface area (Å²) in [6.45, 7) is 4.98. The van der Waals surface area contributed by atoms with E-state index in [1.54, 1.807) is 0 Å². The summed E-state index contributed by atoms with van der Waals surface area (Å²) in [6.07, 6.45) is 3.45. The molecule has 1 atom stereocenters. The van der Waals surface area contributed by atoms with E-state index < -0.39 is 0 Å². The molecule has 1 fully saturated rings. The molecular weight excluding hydrogens is 254 g/mol. The second-order valence-corrected chi connectivity index (χ2v) is 6.04. The van der Waals surface area contributed by atoms with Crippen LogP contribution in [-0.4, -0.2) is 27.5 Å². The van der Waals surface area contributed by atoms with E-state index in [-0.39, 0.29) is 0 Å². The van der Waals surface area contributed by atoms with Crippen LogP contribution in [0.5, 0.6) is 0 Å². The van der Waals surface area contributed by atoms with Crippen LogP contribution in [0.3, 0.4) is 0 Å². The average molecular weight is 272 g/mol. The second kappa shape index (κ2) is 5.91. The highest BCUT2D eigenvalue weighted by atomic mass is 35.5. The fraction of sp³-hybridized carbons (Fsp3) is 0.667. The summed E-state index contributed by atoms with van der Waals surface area (Å²) in [5.41, 5.74) is 0.951. The molecule has 5 heteroatoms. The van der Waals surface area contributed by atoms with E-state index in [9.17, 15) is 0 Å². The average Bonchev–Trinajstić information content (AvgIpc) is 2.84. The van der Waals surface area contributed by atoms with E-state index in [1.165, 1.54) is 18.6 Å². The van der Waals surface area contributed by atoms with Crippen LogP contribution in [0.25, 0.3) is 0 Å². The lowest BCUT2D eigenvalue weighted by Gasteiger charge is -2.13. The zero-order valence-corrected chi connectivity index (χ0v) is 11.9. The Morgan fingerprint density at radius 1 is 1.47 bits per heavy atom. The number of aromatic nitrogens is 2. The molecule has 94 valence electrons. The zero-order valence-electron chi connectivity index (χ0n) is 10.3. The lowest BCUT2D eigenvalue weighted by atomic mass is 10.2. The summed E-state index contributed by atoms with van der Waals surface area (Å²) in [5.74, 6) is 2.99. The Bertz CT molecular complexity index is 392. The van der Waals surface area contributed by atoms with Gasteiger partial charge in [0.05, 0.1) is 0 Å². The number of thioether (sulfide) groups is 1. The monoisotopic (exact) mass is 271 g/mol. The minimum atomic E-state index is 0.568. The molecule has 0 radical (unpaired) electrons. The summed E-state index contributed by atoms with van der Waals surface area (Å²) in [7, 11) is 0. The molecule has 1 aliphatic heterocycles. The van der Waals surface area contributed by atoms with Crippen LogP contribution in [0, 0.1) is 6.92 Å². The summed E-state index contributed by atoms with van der Waals surface area (Å²) in [6, 6.07) is 0. The molecule has 1 N–H and O–H groups in total. The molecule has 3 nitrogen and oxygen atoms in total. The smallest absolute Gasteiger partial charge is 0.137 e. The van der Waals surface area contributed by atoms with Gasteiger partial charge < -0.3 is 5.32 Å². The first-order valence-electron chi connectivity index (χ1n) is 6.09. The van der Waals surface area contributed by atoms with E-state index in [0.29, 0.717) is 10.4 Å². The highest BCUT2D eigenvalue weighted by Gasteiger charge is 2.16. The quantitative estimate of drug-likeness (QED) is 0.853. The van der Waals surface area contributed by atoms with E-state index in [1.807, 2.05) is 25.6 Å². The van der Waals surface area contributed by atoms with Gasteiger partial charge in [0, 0.05) is 23.8 Å². The maximum atomic E-state index is 6.10. The molecule has 1 aromatic rings. The van der Waals surface area contributed by atoms with Crippen molar-refractivity contribution >= 4 is 29.2 Å². The number of aryl methyl sites for hydroxylation is 1. The van der Waals surface area contributed by atoms with Gasteiger partial charge in [0.15, 0.2) is 0 Å². The molecule has 0 aromatic carbocycles. The summed E-state index contributed by atoms with van der Waals surface area (Å²) < 4.78 is 0. The molecule has 0 amide bonds. The first-order valence-corrected chi connectivity index (χ1v) is 7.52. The van der Waals surface area contributed by atoms with Crippen molar-refractivity contribution < 1.29 is 0 Å². The van der Waals surface area contributed by atoms with Gasteiger partial charge in [-0.1, -0.05) is 18.5 Å². The van der Waals surface area contributed by atoms with Crippen LogP contribution in [-0.2, 0) is 6.42 Å². The number of rotatable bonds is 4. The Hall–Kier alpha value is -0.480. The van der Waals surface area contributed by atoms with Gasteiger partial charge in [-0.05, 0) is 25.5 Å². The van der Waals surface area contributed by atoms with Gasteiger partial charge in [0.2, 0.25) is 0 Å². The van der Waals surface area contributed by atoms with Crippen molar-refractivity contribution in [2.45, 2.75) is 38.4 Å². The minimum Gasteiger partial charge on any atom is -0.369 e. The molecule has 2 rings (SSSR count).